The van der Waals surface area contributed by atoms with E-state index in [4.69, 9.17) is 0 Å². The Balaban J connectivity index is 2.15. The standard InChI is InChI=1S/C15H22BrN3S/c1-4-17-12(9-13-7-6-8-20-13)10-14-15(16)11(3)18-19(14)5-2/h6-8,12,17H,4-5,9-10H2,1-3H3. The molecule has 2 heterocycles. The molecule has 110 valence electrons. The molecule has 2 aromatic heterocycles. The molecule has 0 aliphatic carbocycles. The minimum atomic E-state index is 0.455. The Hall–Kier alpha value is -0.650. The number of aryl methyl sites for hydroxylation is 2. The highest BCUT2D eigenvalue weighted by Gasteiger charge is 2.17. The van der Waals surface area contributed by atoms with Crippen LogP contribution < -0.4 is 5.32 Å². The minimum Gasteiger partial charge on any atom is -0.314 e. The van der Waals surface area contributed by atoms with Gasteiger partial charge in [-0.3, -0.25) is 4.68 Å². The molecule has 3 nitrogen and oxygen atoms in total. The number of likely N-dealkylation sites (N-methyl/N-ethyl adjacent to an activating group) is 1. The number of hydrogen-bond donors (Lipinski definition) is 1. The lowest BCUT2D eigenvalue weighted by atomic mass is 10.1. The van der Waals surface area contributed by atoms with Crippen molar-refractivity contribution in [2.45, 2.75) is 46.2 Å². The average Bonchev–Trinajstić information content (AvgIpc) is 3.02. The van der Waals surface area contributed by atoms with Crippen molar-refractivity contribution in [1.82, 2.24) is 15.1 Å². The number of aromatic nitrogens is 2. The smallest absolute Gasteiger partial charge is 0.0738 e. The highest BCUT2D eigenvalue weighted by atomic mass is 79.9. The van der Waals surface area contributed by atoms with Gasteiger partial charge in [-0.05, 0) is 54.2 Å². The fourth-order valence-electron chi connectivity index (χ4n) is 2.47. The Morgan fingerprint density at radius 2 is 2.20 bits per heavy atom. The summed E-state index contributed by atoms with van der Waals surface area (Å²) >= 11 is 5.52. The van der Waals surface area contributed by atoms with E-state index in [0.29, 0.717) is 6.04 Å². The van der Waals surface area contributed by atoms with Crippen molar-refractivity contribution in [2.75, 3.05) is 6.54 Å². The van der Waals surface area contributed by atoms with Gasteiger partial charge in [-0.2, -0.15) is 5.10 Å². The molecule has 1 atom stereocenters. The van der Waals surface area contributed by atoms with E-state index >= 15 is 0 Å². The van der Waals surface area contributed by atoms with Crippen LogP contribution in [0, 0.1) is 6.92 Å². The Labute approximate surface area is 133 Å². The maximum absolute atomic E-state index is 4.58. The molecule has 0 radical (unpaired) electrons. The number of halogens is 1. The van der Waals surface area contributed by atoms with Gasteiger partial charge in [-0.15, -0.1) is 11.3 Å². The van der Waals surface area contributed by atoms with E-state index in [9.17, 15) is 0 Å². The molecular weight excluding hydrogens is 334 g/mol. The van der Waals surface area contributed by atoms with Crippen LogP contribution >= 0.6 is 27.3 Å². The first kappa shape index (κ1) is 15.7. The van der Waals surface area contributed by atoms with Gasteiger partial charge in [0.25, 0.3) is 0 Å². The van der Waals surface area contributed by atoms with E-state index in [1.807, 2.05) is 11.3 Å². The van der Waals surface area contributed by atoms with Crippen molar-refractivity contribution in [3.05, 3.63) is 38.3 Å². The largest absolute Gasteiger partial charge is 0.314 e. The maximum atomic E-state index is 4.58. The molecule has 20 heavy (non-hydrogen) atoms. The molecule has 1 N–H and O–H groups in total. The average molecular weight is 356 g/mol. The number of nitrogens with zero attached hydrogens (tertiary/aromatic N) is 2. The van der Waals surface area contributed by atoms with E-state index in [1.165, 1.54) is 10.6 Å². The van der Waals surface area contributed by atoms with Gasteiger partial charge in [0.1, 0.15) is 0 Å². The predicted molar refractivity (Wildman–Crippen MR) is 89.5 cm³/mol. The van der Waals surface area contributed by atoms with Crippen molar-refractivity contribution < 1.29 is 0 Å². The maximum Gasteiger partial charge on any atom is 0.0738 e. The molecule has 0 fully saturated rings. The molecule has 0 amide bonds. The third-order valence-electron chi connectivity index (χ3n) is 3.41. The van der Waals surface area contributed by atoms with Crippen LogP contribution in [0.15, 0.2) is 22.0 Å². The molecule has 0 spiro atoms. The lowest BCUT2D eigenvalue weighted by Crippen LogP contribution is -2.33. The second-order valence-electron chi connectivity index (χ2n) is 4.90. The number of rotatable bonds is 7. The zero-order valence-corrected chi connectivity index (χ0v) is 14.7. The third-order valence-corrected chi connectivity index (χ3v) is 5.34. The topological polar surface area (TPSA) is 29.9 Å². The monoisotopic (exact) mass is 355 g/mol. The quantitative estimate of drug-likeness (QED) is 0.818. The van der Waals surface area contributed by atoms with Crippen molar-refractivity contribution in [2.24, 2.45) is 0 Å². The highest BCUT2D eigenvalue weighted by molar-refractivity contribution is 9.10. The Morgan fingerprint density at radius 1 is 1.40 bits per heavy atom. The van der Waals surface area contributed by atoms with E-state index in [0.717, 1.165) is 36.1 Å². The van der Waals surface area contributed by atoms with Gasteiger partial charge >= 0.3 is 0 Å². The summed E-state index contributed by atoms with van der Waals surface area (Å²) in [7, 11) is 0. The van der Waals surface area contributed by atoms with Gasteiger partial charge in [-0.25, -0.2) is 0 Å². The lowest BCUT2D eigenvalue weighted by molar-refractivity contribution is 0.497. The molecule has 2 aromatic rings. The summed E-state index contributed by atoms with van der Waals surface area (Å²) in [5, 5.41) is 10.3. The van der Waals surface area contributed by atoms with Gasteiger partial charge in [-0.1, -0.05) is 13.0 Å². The number of nitrogens with one attached hydrogen (secondary N) is 1. The fraction of sp³-hybridized carbons (Fsp3) is 0.533. The molecule has 0 saturated heterocycles. The Kier molecular flexibility index (Phi) is 5.81. The van der Waals surface area contributed by atoms with Crippen LogP contribution in [0.5, 0.6) is 0 Å². The summed E-state index contributed by atoms with van der Waals surface area (Å²) in [4.78, 5) is 1.44. The van der Waals surface area contributed by atoms with Crippen LogP contribution in [-0.4, -0.2) is 22.4 Å². The summed E-state index contributed by atoms with van der Waals surface area (Å²) in [5.74, 6) is 0. The van der Waals surface area contributed by atoms with Crippen molar-refractivity contribution in [3.63, 3.8) is 0 Å². The van der Waals surface area contributed by atoms with Crippen LogP contribution in [0.1, 0.15) is 30.1 Å². The first-order chi connectivity index (χ1) is 9.65. The van der Waals surface area contributed by atoms with Gasteiger partial charge in [0.2, 0.25) is 0 Å². The van der Waals surface area contributed by atoms with Crippen LogP contribution in [0.2, 0.25) is 0 Å². The molecule has 1 unspecified atom stereocenters. The molecule has 2 rings (SSSR count). The second-order valence-corrected chi connectivity index (χ2v) is 6.73. The van der Waals surface area contributed by atoms with E-state index in [-0.39, 0.29) is 0 Å². The first-order valence-electron chi connectivity index (χ1n) is 7.13. The molecule has 0 aliphatic heterocycles. The summed E-state index contributed by atoms with van der Waals surface area (Å²) in [6, 6.07) is 4.79. The van der Waals surface area contributed by atoms with Gasteiger partial charge in [0.05, 0.1) is 15.9 Å². The number of thiophene rings is 1. The SMILES string of the molecule is CCNC(Cc1cccs1)Cc1c(Br)c(C)nn1CC. The van der Waals surface area contributed by atoms with Gasteiger partial charge < -0.3 is 5.32 Å². The Bertz CT molecular complexity index is 534. The zero-order chi connectivity index (χ0) is 14.5. The van der Waals surface area contributed by atoms with E-state index in [2.05, 4.69) is 69.3 Å². The normalized spacial score (nSPS) is 12.8. The van der Waals surface area contributed by atoms with Crippen LogP contribution in [0.4, 0.5) is 0 Å². The summed E-state index contributed by atoms with van der Waals surface area (Å²) in [6.07, 6.45) is 2.08. The van der Waals surface area contributed by atoms with Crippen LogP contribution in [0.25, 0.3) is 0 Å². The molecule has 0 bridgehead atoms. The lowest BCUT2D eigenvalue weighted by Gasteiger charge is -2.18. The molecule has 0 saturated carbocycles. The van der Waals surface area contributed by atoms with E-state index in [1.54, 1.807) is 0 Å². The minimum absolute atomic E-state index is 0.455. The molecule has 0 aliphatic rings. The van der Waals surface area contributed by atoms with Crippen molar-refractivity contribution >= 4 is 27.3 Å². The summed E-state index contributed by atoms with van der Waals surface area (Å²) in [6.45, 7) is 8.27. The summed E-state index contributed by atoms with van der Waals surface area (Å²) in [5.41, 5.74) is 2.38. The predicted octanol–water partition coefficient (Wildman–Crippen LogP) is 3.80. The van der Waals surface area contributed by atoms with Gasteiger partial charge in [0, 0.05) is 23.9 Å². The van der Waals surface area contributed by atoms with Gasteiger partial charge in [0.15, 0.2) is 0 Å². The van der Waals surface area contributed by atoms with E-state index < -0.39 is 0 Å². The second kappa shape index (κ2) is 7.38. The zero-order valence-electron chi connectivity index (χ0n) is 12.3. The van der Waals surface area contributed by atoms with Crippen molar-refractivity contribution in [1.29, 1.82) is 0 Å². The fourth-order valence-corrected chi connectivity index (χ4v) is 3.71. The first-order valence-corrected chi connectivity index (χ1v) is 8.80. The highest BCUT2D eigenvalue weighted by Crippen LogP contribution is 2.23. The molecular formula is C15H22BrN3S. The van der Waals surface area contributed by atoms with Crippen LogP contribution in [0.3, 0.4) is 0 Å². The molecule has 0 aromatic carbocycles. The number of hydrogen-bond acceptors (Lipinski definition) is 3. The van der Waals surface area contributed by atoms with Crippen LogP contribution in [-0.2, 0) is 19.4 Å². The summed E-state index contributed by atoms with van der Waals surface area (Å²) < 4.78 is 3.27. The van der Waals surface area contributed by atoms with Crippen molar-refractivity contribution in [3.8, 4) is 0 Å². The Morgan fingerprint density at radius 3 is 2.80 bits per heavy atom. The molecule has 5 heteroatoms. The third kappa shape index (κ3) is 3.71.